The van der Waals surface area contributed by atoms with Crippen LogP contribution in [0.3, 0.4) is 0 Å². The molecule has 0 amide bonds. The molecule has 0 bridgehead atoms. The summed E-state index contributed by atoms with van der Waals surface area (Å²) >= 11 is 6.24. The molecule has 1 aliphatic heterocycles. The minimum absolute atomic E-state index is 0.351. The van der Waals surface area contributed by atoms with Crippen molar-refractivity contribution < 1.29 is 4.74 Å². The van der Waals surface area contributed by atoms with Crippen LogP contribution in [0.25, 0.3) is 0 Å². The molecule has 1 atom stereocenters. The van der Waals surface area contributed by atoms with Gasteiger partial charge in [0.15, 0.2) is 0 Å². The molecule has 0 aliphatic carbocycles. The van der Waals surface area contributed by atoms with Crippen molar-refractivity contribution in [2.24, 2.45) is 0 Å². The van der Waals surface area contributed by atoms with Gasteiger partial charge in [-0.25, -0.2) is 4.98 Å². The van der Waals surface area contributed by atoms with Crippen molar-refractivity contribution in [3.05, 3.63) is 22.8 Å². The predicted octanol–water partition coefficient (Wildman–Crippen LogP) is 3.17. The third kappa shape index (κ3) is 4.62. The normalized spacial score (nSPS) is 19.3. The van der Waals surface area contributed by atoms with Crippen LogP contribution in [0.5, 0.6) is 0 Å². The molecular formula is C15H24ClN3O. The van der Waals surface area contributed by atoms with Gasteiger partial charge in [0.05, 0.1) is 16.8 Å². The number of nitrogens with zero attached hydrogens (tertiary/aromatic N) is 2. The van der Waals surface area contributed by atoms with Gasteiger partial charge in [-0.1, -0.05) is 11.6 Å². The highest BCUT2D eigenvalue weighted by molar-refractivity contribution is 6.31. The molecule has 4 nitrogen and oxygen atoms in total. The van der Waals surface area contributed by atoms with Crippen molar-refractivity contribution in [1.29, 1.82) is 0 Å². The van der Waals surface area contributed by atoms with Crippen molar-refractivity contribution in [2.75, 3.05) is 32.1 Å². The maximum Gasteiger partial charge on any atom is 0.126 e. The first-order valence-electron chi connectivity index (χ1n) is 7.38. The van der Waals surface area contributed by atoms with E-state index in [-0.39, 0.29) is 0 Å². The minimum Gasteiger partial charge on any atom is -0.377 e. The smallest absolute Gasteiger partial charge is 0.126 e. The van der Waals surface area contributed by atoms with E-state index in [4.69, 9.17) is 16.3 Å². The van der Waals surface area contributed by atoms with Gasteiger partial charge in [-0.2, -0.15) is 0 Å². The molecule has 0 spiro atoms. The quantitative estimate of drug-likeness (QED) is 0.875. The highest BCUT2D eigenvalue weighted by Gasteiger charge is 2.17. The lowest BCUT2D eigenvalue weighted by Gasteiger charge is -2.27. The molecule has 1 fully saturated rings. The molecule has 1 N–H and O–H groups in total. The van der Waals surface area contributed by atoms with Crippen molar-refractivity contribution in [3.63, 3.8) is 0 Å². The van der Waals surface area contributed by atoms with Crippen LogP contribution < -0.4 is 5.32 Å². The van der Waals surface area contributed by atoms with Crippen LogP contribution in [-0.4, -0.2) is 42.7 Å². The highest BCUT2D eigenvalue weighted by Crippen LogP contribution is 2.19. The number of hydrogen-bond acceptors (Lipinski definition) is 4. The summed E-state index contributed by atoms with van der Waals surface area (Å²) in [5.41, 5.74) is 0.920. The number of pyridine rings is 1. The van der Waals surface area contributed by atoms with Crippen molar-refractivity contribution in [3.8, 4) is 0 Å². The number of halogens is 1. The Bertz CT molecular complexity index is 422. The summed E-state index contributed by atoms with van der Waals surface area (Å²) in [5, 5.41) is 3.94. The fraction of sp³-hybridized carbons (Fsp3) is 0.667. The first-order chi connectivity index (χ1) is 9.69. The van der Waals surface area contributed by atoms with Gasteiger partial charge >= 0.3 is 0 Å². The van der Waals surface area contributed by atoms with Gasteiger partial charge in [-0.05, 0) is 45.4 Å². The summed E-state index contributed by atoms with van der Waals surface area (Å²) in [6.07, 6.45) is 3.97. The van der Waals surface area contributed by atoms with Gasteiger partial charge in [0.2, 0.25) is 0 Å². The lowest BCUT2D eigenvalue weighted by molar-refractivity contribution is -0.00273. The lowest BCUT2D eigenvalue weighted by Crippen LogP contribution is -2.33. The number of likely N-dealkylation sites (N-methyl/N-ethyl adjacent to an activating group) is 1. The predicted molar refractivity (Wildman–Crippen MR) is 83.3 cm³/mol. The topological polar surface area (TPSA) is 37.4 Å². The SMILES string of the molecule is CCNc1ccc(Cl)c(CN(C)CC2CCCCO2)n1. The molecule has 1 aliphatic rings. The van der Waals surface area contributed by atoms with Crippen LogP contribution in [0.2, 0.25) is 5.02 Å². The van der Waals surface area contributed by atoms with Crippen LogP contribution in [-0.2, 0) is 11.3 Å². The summed E-state index contributed by atoms with van der Waals surface area (Å²) in [6, 6.07) is 3.83. The Labute approximate surface area is 126 Å². The van der Waals surface area contributed by atoms with E-state index < -0.39 is 0 Å². The van der Waals surface area contributed by atoms with Gasteiger partial charge in [0.25, 0.3) is 0 Å². The molecule has 1 aromatic rings. The van der Waals surface area contributed by atoms with E-state index in [1.54, 1.807) is 0 Å². The molecule has 0 aromatic carbocycles. The number of anilines is 1. The van der Waals surface area contributed by atoms with Gasteiger partial charge in [-0.15, -0.1) is 0 Å². The number of rotatable bonds is 6. The van der Waals surface area contributed by atoms with Crippen LogP contribution >= 0.6 is 11.6 Å². The maximum absolute atomic E-state index is 6.24. The molecule has 1 aromatic heterocycles. The molecule has 112 valence electrons. The van der Waals surface area contributed by atoms with Gasteiger partial charge in [-0.3, -0.25) is 4.90 Å². The Kier molecular flexibility index (Phi) is 6.07. The fourth-order valence-electron chi connectivity index (χ4n) is 2.49. The van der Waals surface area contributed by atoms with E-state index in [0.717, 1.165) is 49.2 Å². The summed E-state index contributed by atoms with van der Waals surface area (Å²) < 4.78 is 5.77. The molecule has 0 radical (unpaired) electrons. The monoisotopic (exact) mass is 297 g/mol. The molecule has 0 saturated carbocycles. The lowest BCUT2D eigenvalue weighted by atomic mass is 10.1. The zero-order valence-corrected chi connectivity index (χ0v) is 13.1. The number of nitrogens with one attached hydrogen (secondary N) is 1. The fourth-order valence-corrected chi connectivity index (χ4v) is 2.66. The Morgan fingerprint density at radius 2 is 2.30 bits per heavy atom. The summed E-state index contributed by atoms with van der Waals surface area (Å²) in [5.74, 6) is 0.884. The third-order valence-corrected chi connectivity index (χ3v) is 3.83. The van der Waals surface area contributed by atoms with E-state index in [0.29, 0.717) is 6.10 Å². The second-order valence-corrected chi connectivity index (χ2v) is 5.75. The molecule has 2 rings (SSSR count). The molecule has 5 heteroatoms. The molecular weight excluding hydrogens is 274 g/mol. The zero-order valence-electron chi connectivity index (χ0n) is 12.4. The molecule has 20 heavy (non-hydrogen) atoms. The average Bonchev–Trinajstić information content (AvgIpc) is 2.44. The largest absolute Gasteiger partial charge is 0.377 e. The van der Waals surface area contributed by atoms with E-state index in [1.807, 2.05) is 12.1 Å². The van der Waals surface area contributed by atoms with Crippen molar-refractivity contribution in [2.45, 2.75) is 38.8 Å². The van der Waals surface area contributed by atoms with Crippen LogP contribution in [0, 0.1) is 0 Å². The van der Waals surface area contributed by atoms with Crippen LogP contribution in [0.4, 0.5) is 5.82 Å². The first-order valence-corrected chi connectivity index (χ1v) is 7.76. The van der Waals surface area contributed by atoms with E-state index in [1.165, 1.54) is 12.8 Å². The highest BCUT2D eigenvalue weighted by atomic mass is 35.5. The standard InChI is InChI=1S/C15H24ClN3O/c1-3-17-15-8-7-13(16)14(18-15)11-19(2)10-12-6-4-5-9-20-12/h7-8,12H,3-6,9-11H2,1-2H3,(H,17,18). The van der Waals surface area contributed by atoms with Gasteiger partial charge < -0.3 is 10.1 Å². The molecule has 2 heterocycles. The number of hydrogen-bond donors (Lipinski definition) is 1. The zero-order chi connectivity index (χ0) is 14.4. The average molecular weight is 298 g/mol. The number of ether oxygens (including phenoxy) is 1. The van der Waals surface area contributed by atoms with Gasteiger partial charge in [0, 0.05) is 26.2 Å². The van der Waals surface area contributed by atoms with Crippen molar-refractivity contribution >= 4 is 17.4 Å². The first kappa shape index (κ1) is 15.5. The minimum atomic E-state index is 0.351. The van der Waals surface area contributed by atoms with Gasteiger partial charge in [0.1, 0.15) is 5.82 Å². The number of aromatic nitrogens is 1. The Morgan fingerprint density at radius 3 is 3.00 bits per heavy atom. The maximum atomic E-state index is 6.24. The molecule has 1 unspecified atom stereocenters. The third-order valence-electron chi connectivity index (χ3n) is 3.49. The summed E-state index contributed by atoms with van der Waals surface area (Å²) in [6.45, 7) is 5.50. The van der Waals surface area contributed by atoms with Crippen LogP contribution in [0.15, 0.2) is 12.1 Å². The summed E-state index contributed by atoms with van der Waals surface area (Å²) in [7, 11) is 2.09. The second-order valence-electron chi connectivity index (χ2n) is 5.34. The van der Waals surface area contributed by atoms with E-state index in [2.05, 4.69) is 29.2 Å². The van der Waals surface area contributed by atoms with Crippen LogP contribution in [0.1, 0.15) is 31.9 Å². The Hall–Kier alpha value is -0.840. The molecule has 1 saturated heterocycles. The Morgan fingerprint density at radius 1 is 1.45 bits per heavy atom. The van der Waals surface area contributed by atoms with E-state index >= 15 is 0 Å². The second kappa shape index (κ2) is 7.81. The van der Waals surface area contributed by atoms with Crippen molar-refractivity contribution in [1.82, 2.24) is 9.88 Å². The van der Waals surface area contributed by atoms with E-state index in [9.17, 15) is 0 Å². The Balaban J connectivity index is 1.92. The summed E-state index contributed by atoms with van der Waals surface area (Å²) in [4.78, 5) is 6.81.